The molecule has 6 rings (SSSR count). The van der Waals surface area contributed by atoms with Gasteiger partial charge in [-0.25, -0.2) is 9.97 Å². The highest BCUT2D eigenvalue weighted by Crippen LogP contribution is 2.41. The molecule has 2 aliphatic heterocycles. The summed E-state index contributed by atoms with van der Waals surface area (Å²) in [6.45, 7) is 4.24. The Hall–Kier alpha value is -4.31. The molecule has 10 heteroatoms. The normalized spacial score (nSPS) is 18.8. The van der Waals surface area contributed by atoms with E-state index in [2.05, 4.69) is 27.1 Å². The summed E-state index contributed by atoms with van der Waals surface area (Å²) in [5.41, 5.74) is 11.8. The topological polar surface area (TPSA) is 105 Å². The van der Waals surface area contributed by atoms with Crippen LogP contribution in [0.4, 0.5) is 23.0 Å². The van der Waals surface area contributed by atoms with Crippen molar-refractivity contribution >= 4 is 39.8 Å². The number of carbonyl (C=O) groups is 1. The van der Waals surface area contributed by atoms with Gasteiger partial charge in [0.05, 0.1) is 35.4 Å². The molecule has 0 radical (unpaired) electrons. The lowest BCUT2D eigenvalue weighted by atomic mass is 10.0. The number of likely N-dealkylation sites (tertiary alicyclic amines) is 1. The molecule has 2 aliphatic rings. The number of aromatic nitrogens is 3. The van der Waals surface area contributed by atoms with Crippen molar-refractivity contribution in [3.63, 3.8) is 0 Å². The van der Waals surface area contributed by atoms with Gasteiger partial charge in [-0.15, -0.1) is 0 Å². The first-order valence-corrected chi connectivity index (χ1v) is 13.5. The number of rotatable bonds is 6. The Bertz CT molecular complexity index is 1580. The molecule has 2 aromatic heterocycles. The van der Waals surface area contributed by atoms with Gasteiger partial charge in [-0.05, 0) is 31.0 Å². The second-order valence-electron chi connectivity index (χ2n) is 11.2. The number of fused-ring (bicyclic) bond motifs is 2. The Morgan fingerprint density at radius 2 is 1.82 bits per heavy atom. The summed E-state index contributed by atoms with van der Waals surface area (Å²) in [5.74, 6) is 2.17. The second kappa shape index (κ2) is 10.0. The van der Waals surface area contributed by atoms with Gasteiger partial charge >= 0.3 is 0 Å². The van der Waals surface area contributed by atoms with Crippen LogP contribution >= 0.6 is 0 Å². The summed E-state index contributed by atoms with van der Waals surface area (Å²) in [7, 11) is 9.28. The summed E-state index contributed by atoms with van der Waals surface area (Å²) in [6.07, 6.45) is 3.58. The van der Waals surface area contributed by atoms with Gasteiger partial charge in [0.2, 0.25) is 5.95 Å². The lowest BCUT2D eigenvalue weighted by Crippen LogP contribution is -2.27. The largest absolute Gasteiger partial charge is 0.494 e. The van der Waals surface area contributed by atoms with Crippen LogP contribution in [0.2, 0.25) is 0 Å². The van der Waals surface area contributed by atoms with Gasteiger partial charge in [-0.3, -0.25) is 4.79 Å². The van der Waals surface area contributed by atoms with Crippen molar-refractivity contribution in [2.24, 2.45) is 18.9 Å². The average Bonchev–Trinajstić information content (AvgIpc) is 3.59. The number of hydrogen-bond donors (Lipinski definition) is 2. The zero-order chi connectivity index (χ0) is 28.1. The van der Waals surface area contributed by atoms with Gasteiger partial charge in [-0.2, -0.15) is 0 Å². The van der Waals surface area contributed by atoms with Crippen LogP contribution in [0.15, 0.2) is 48.8 Å². The summed E-state index contributed by atoms with van der Waals surface area (Å²) in [6, 6.07) is 12.0. The van der Waals surface area contributed by atoms with E-state index in [4.69, 9.17) is 15.5 Å². The number of methoxy groups -OCH3 is 1. The van der Waals surface area contributed by atoms with E-state index in [-0.39, 0.29) is 5.91 Å². The highest BCUT2D eigenvalue weighted by Gasteiger charge is 2.39. The minimum atomic E-state index is -0.165. The van der Waals surface area contributed by atoms with Crippen molar-refractivity contribution in [2.75, 3.05) is 70.4 Å². The second-order valence-corrected chi connectivity index (χ2v) is 11.2. The fourth-order valence-corrected chi connectivity index (χ4v) is 6.25. The molecular formula is C30H36N8O2. The number of hydrogen-bond acceptors (Lipinski definition) is 8. The number of aryl methyl sites for hydroxylation is 1. The van der Waals surface area contributed by atoms with Crippen molar-refractivity contribution < 1.29 is 9.53 Å². The first-order valence-electron chi connectivity index (χ1n) is 13.5. The van der Waals surface area contributed by atoms with Gasteiger partial charge in [0.1, 0.15) is 5.75 Å². The van der Waals surface area contributed by atoms with E-state index in [1.54, 1.807) is 27.4 Å². The molecule has 1 amide bonds. The number of amides is 1. The zero-order valence-corrected chi connectivity index (χ0v) is 23.7. The fourth-order valence-electron chi connectivity index (χ4n) is 6.25. The Morgan fingerprint density at radius 3 is 2.52 bits per heavy atom. The van der Waals surface area contributed by atoms with E-state index in [0.29, 0.717) is 46.2 Å². The first-order chi connectivity index (χ1) is 19.2. The van der Waals surface area contributed by atoms with Crippen LogP contribution in [0.1, 0.15) is 10.4 Å². The lowest BCUT2D eigenvalue weighted by Gasteiger charge is -2.24. The monoisotopic (exact) mass is 540 g/mol. The average molecular weight is 541 g/mol. The molecule has 0 spiro atoms. The van der Waals surface area contributed by atoms with E-state index in [1.807, 2.05) is 54.2 Å². The van der Waals surface area contributed by atoms with Crippen LogP contribution < -0.4 is 20.7 Å². The van der Waals surface area contributed by atoms with E-state index in [1.165, 1.54) is 4.90 Å². The maximum atomic E-state index is 13.1. The van der Waals surface area contributed by atoms with Crippen molar-refractivity contribution in [3.8, 4) is 17.0 Å². The molecule has 208 valence electrons. The summed E-state index contributed by atoms with van der Waals surface area (Å²) in [5, 5.41) is 4.31. The number of ether oxygens (including phenoxy) is 1. The van der Waals surface area contributed by atoms with Crippen LogP contribution in [0.3, 0.4) is 0 Å². The Kier molecular flexibility index (Phi) is 6.50. The minimum Gasteiger partial charge on any atom is -0.494 e. The van der Waals surface area contributed by atoms with E-state index < -0.39 is 0 Å². The summed E-state index contributed by atoms with van der Waals surface area (Å²) < 4.78 is 7.82. The van der Waals surface area contributed by atoms with Crippen LogP contribution in [0, 0.1) is 11.8 Å². The molecule has 0 saturated carbocycles. The van der Waals surface area contributed by atoms with E-state index in [9.17, 15) is 4.79 Å². The number of nitrogens with one attached hydrogen (secondary N) is 1. The molecule has 10 nitrogen and oxygen atoms in total. The number of nitrogen functional groups attached to an aromatic ring is 1. The Balaban J connectivity index is 1.36. The molecular weight excluding hydrogens is 504 g/mol. The quantitative estimate of drug-likeness (QED) is 0.357. The summed E-state index contributed by atoms with van der Waals surface area (Å²) >= 11 is 0. The maximum absolute atomic E-state index is 13.1. The number of anilines is 4. The van der Waals surface area contributed by atoms with Gasteiger partial charge in [0, 0.05) is 82.2 Å². The molecule has 2 atom stereocenters. The molecule has 4 heterocycles. The number of para-hydroxylation sites is 1. The van der Waals surface area contributed by atoms with Crippen molar-refractivity contribution in [1.82, 2.24) is 24.3 Å². The van der Waals surface area contributed by atoms with Crippen LogP contribution in [-0.2, 0) is 7.05 Å². The standard InChI is InChI=1S/C30H36N8O2/c1-35(2)29(39)21-12-32-30(34-28(21)22-17-37(4)25-9-7-6-8-20(22)25)33-24-10-23(31)26(11-27(24)40-5)38-15-18-13-36(3)14-19(18)16-38/h6-12,17-19H,13-16,31H2,1-5H3,(H,32,33,34)/t18-,19+. The van der Waals surface area contributed by atoms with E-state index in [0.717, 1.165) is 48.3 Å². The molecule has 0 unspecified atom stereocenters. The SMILES string of the molecule is COc1cc(N2C[C@H]3CN(C)C[C@H]3C2)c(N)cc1Nc1ncc(C(=O)N(C)C)c(-c2cn(C)c3ccccc23)n1. The first kappa shape index (κ1) is 25.9. The van der Waals surface area contributed by atoms with Crippen molar-refractivity contribution in [1.29, 1.82) is 0 Å². The third-order valence-electron chi connectivity index (χ3n) is 8.18. The smallest absolute Gasteiger partial charge is 0.257 e. The molecule has 0 aliphatic carbocycles. The molecule has 4 aromatic rings. The van der Waals surface area contributed by atoms with Gasteiger partial charge in [0.15, 0.2) is 0 Å². The molecule has 3 N–H and O–H groups in total. The third-order valence-corrected chi connectivity index (χ3v) is 8.18. The Morgan fingerprint density at radius 1 is 1.10 bits per heavy atom. The number of nitrogens with zero attached hydrogens (tertiary/aromatic N) is 6. The van der Waals surface area contributed by atoms with Gasteiger partial charge < -0.3 is 35.1 Å². The predicted molar refractivity (Wildman–Crippen MR) is 159 cm³/mol. The number of carbonyl (C=O) groups excluding carboxylic acids is 1. The van der Waals surface area contributed by atoms with Crippen LogP contribution in [0.25, 0.3) is 22.2 Å². The number of benzene rings is 2. The lowest BCUT2D eigenvalue weighted by molar-refractivity contribution is 0.0827. The van der Waals surface area contributed by atoms with Crippen molar-refractivity contribution in [2.45, 2.75) is 0 Å². The fraction of sp³-hybridized carbons (Fsp3) is 0.367. The third kappa shape index (κ3) is 4.48. The molecule has 2 saturated heterocycles. The molecule has 2 fully saturated rings. The molecule has 0 bridgehead atoms. The summed E-state index contributed by atoms with van der Waals surface area (Å²) in [4.78, 5) is 28.8. The van der Waals surface area contributed by atoms with Crippen LogP contribution in [0.5, 0.6) is 5.75 Å². The maximum Gasteiger partial charge on any atom is 0.257 e. The van der Waals surface area contributed by atoms with Crippen molar-refractivity contribution in [3.05, 3.63) is 54.4 Å². The Labute approximate surface area is 234 Å². The zero-order valence-electron chi connectivity index (χ0n) is 23.7. The number of nitrogens with two attached hydrogens (primary N) is 1. The molecule has 2 aromatic carbocycles. The van der Waals surface area contributed by atoms with Gasteiger partial charge in [0.25, 0.3) is 5.91 Å². The predicted octanol–water partition coefficient (Wildman–Crippen LogP) is 3.67. The van der Waals surface area contributed by atoms with E-state index >= 15 is 0 Å². The van der Waals surface area contributed by atoms with Crippen LogP contribution in [-0.4, -0.2) is 84.7 Å². The highest BCUT2D eigenvalue weighted by atomic mass is 16.5. The molecule has 40 heavy (non-hydrogen) atoms. The van der Waals surface area contributed by atoms with Gasteiger partial charge in [-0.1, -0.05) is 18.2 Å². The highest BCUT2D eigenvalue weighted by molar-refractivity contribution is 6.04. The minimum absolute atomic E-state index is 0.165.